The van der Waals surface area contributed by atoms with Crippen LogP contribution in [0, 0.1) is 0 Å². The summed E-state index contributed by atoms with van der Waals surface area (Å²) in [5.74, 6) is 0.885. The molecule has 0 saturated carbocycles. The second-order valence-corrected chi connectivity index (χ2v) is 5.24. The zero-order valence-corrected chi connectivity index (χ0v) is 12.9. The van der Waals surface area contributed by atoms with E-state index in [1.165, 1.54) is 0 Å². The van der Waals surface area contributed by atoms with Gasteiger partial charge in [-0.2, -0.15) is 0 Å². The molecular formula is C18H20ClNO. The van der Waals surface area contributed by atoms with Crippen LogP contribution in [0.25, 0.3) is 0 Å². The summed E-state index contributed by atoms with van der Waals surface area (Å²) in [4.78, 5) is 0. The predicted octanol–water partition coefficient (Wildman–Crippen LogP) is 4.76. The predicted molar refractivity (Wildman–Crippen MR) is 88.8 cm³/mol. The largest absolute Gasteiger partial charge is 0.489 e. The van der Waals surface area contributed by atoms with Crippen molar-refractivity contribution in [3.05, 3.63) is 77.3 Å². The summed E-state index contributed by atoms with van der Waals surface area (Å²) in [6, 6.07) is 16.1. The van der Waals surface area contributed by atoms with Crippen LogP contribution in [0.5, 0.6) is 5.75 Å². The van der Waals surface area contributed by atoms with Gasteiger partial charge in [0.15, 0.2) is 0 Å². The SMILES string of the molecule is C=CCOc1ccccc1CNC(C)c1ccccc1Cl. The molecule has 1 N–H and O–H groups in total. The van der Waals surface area contributed by atoms with E-state index < -0.39 is 0 Å². The molecule has 21 heavy (non-hydrogen) atoms. The van der Waals surface area contributed by atoms with Crippen molar-refractivity contribution in [2.45, 2.75) is 19.5 Å². The van der Waals surface area contributed by atoms with Gasteiger partial charge in [-0.15, -0.1) is 0 Å². The Morgan fingerprint density at radius 2 is 1.90 bits per heavy atom. The topological polar surface area (TPSA) is 21.3 Å². The van der Waals surface area contributed by atoms with Crippen LogP contribution in [0.2, 0.25) is 5.02 Å². The van der Waals surface area contributed by atoms with Crippen LogP contribution in [-0.4, -0.2) is 6.61 Å². The lowest BCUT2D eigenvalue weighted by Gasteiger charge is -2.17. The molecule has 2 aromatic carbocycles. The van der Waals surface area contributed by atoms with Gasteiger partial charge in [-0.1, -0.05) is 60.7 Å². The molecule has 0 aromatic heterocycles. The van der Waals surface area contributed by atoms with Crippen molar-refractivity contribution in [2.24, 2.45) is 0 Å². The van der Waals surface area contributed by atoms with Gasteiger partial charge in [-0.05, 0) is 24.6 Å². The number of rotatable bonds is 7. The van der Waals surface area contributed by atoms with E-state index >= 15 is 0 Å². The maximum atomic E-state index is 6.22. The van der Waals surface area contributed by atoms with Crippen molar-refractivity contribution >= 4 is 11.6 Å². The number of ether oxygens (including phenoxy) is 1. The molecule has 110 valence electrons. The molecule has 0 saturated heterocycles. The van der Waals surface area contributed by atoms with Gasteiger partial charge in [-0.25, -0.2) is 0 Å². The van der Waals surface area contributed by atoms with E-state index in [9.17, 15) is 0 Å². The quantitative estimate of drug-likeness (QED) is 0.745. The summed E-state index contributed by atoms with van der Waals surface area (Å²) in [6.45, 7) is 7.01. The van der Waals surface area contributed by atoms with Crippen LogP contribution in [0.15, 0.2) is 61.2 Å². The molecule has 0 aliphatic heterocycles. The monoisotopic (exact) mass is 301 g/mol. The molecule has 1 unspecified atom stereocenters. The Balaban J connectivity index is 2.03. The Labute approximate surface area is 131 Å². The molecule has 2 aromatic rings. The number of hydrogen-bond acceptors (Lipinski definition) is 2. The van der Waals surface area contributed by atoms with Gasteiger partial charge in [0.1, 0.15) is 12.4 Å². The third kappa shape index (κ3) is 4.35. The molecule has 0 aliphatic carbocycles. The van der Waals surface area contributed by atoms with E-state index in [1.54, 1.807) is 6.08 Å². The second kappa shape index (κ2) is 7.87. The number of hydrogen-bond donors (Lipinski definition) is 1. The molecule has 0 radical (unpaired) electrons. The van der Waals surface area contributed by atoms with Crippen molar-refractivity contribution in [3.8, 4) is 5.75 Å². The molecular weight excluding hydrogens is 282 g/mol. The number of halogens is 1. The van der Waals surface area contributed by atoms with Gasteiger partial charge in [0.05, 0.1) is 0 Å². The summed E-state index contributed by atoms with van der Waals surface area (Å²) >= 11 is 6.22. The van der Waals surface area contributed by atoms with E-state index in [1.807, 2.05) is 42.5 Å². The van der Waals surface area contributed by atoms with Gasteiger partial charge < -0.3 is 10.1 Å². The molecule has 3 heteroatoms. The molecule has 0 aliphatic rings. The smallest absolute Gasteiger partial charge is 0.124 e. The zero-order valence-electron chi connectivity index (χ0n) is 12.2. The number of para-hydroxylation sites is 1. The number of nitrogens with one attached hydrogen (secondary N) is 1. The fourth-order valence-corrected chi connectivity index (χ4v) is 2.44. The first-order chi connectivity index (χ1) is 10.2. The van der Waals surface area contributed by atoms with Crippen LogP contribution in [0.3, 0.4) is 0 Å². The van der Waals surface area contributed by atoms with Gasteiger partial charge >= 0.3 is 0 Å². The summed E-state index contributed by atoms with van der Waals surface area (Å²) in [7, 11) is 0. The van der Waals surface area contributed by atoms with Gasteiger partial charge in [0.2, 0.25) is 0 Å². The fourth-order valence-electron chi connectivity index (χ4n) is 2.14. The lowest BCUT2D eigenvalue weighted by Crippen LogP contribution is -2.19. The molecule has 0 bridgehead atoms. The fraction of sp³-hybridized carbons (Fsp3) is 0.222. The van der Waals surface area contributed by atoms with Crippen LogP contribution >= 0.6 is 11.6 Å². The van der Waals surface area contributed by atoms with E-state index in [0.717, 1.165) is 28.4 Å². The van der Waals surface area contributed by atoms with Crippen molar-refractivity contribution in [2.75, 3.05) is 6.61 Å². The van der Waals surface area contributed by atoms with Crippen LogP contribution in [-0.2, 0) is 6.54 Å². The zero-order chi connectivity index (χ0) is 15.1. The average molecular weight is 302 g/mol. The molecule has 0 heterocycles. The highest BCUT2D eigenvalue weighted by Gasteiger charge is 2.10. The lowest BCUT2D eigenvalue weighted by atomic mass is 10.1. The van der Waals surface area contributed by atoms with Gasteiger partial charge in [0.25, 0.3) is 0 Å². The van der Waals surface area contributed by atoms with Gasteiger partial charge in [-0.3, -0.25) is 0 Å². The standard InChI is InChI=1S/C18H20ClNO/c1-3-12-21-18-11-7-4-8-15(18)13-20-14(2)16-9-5-6-10-17(16)19/h3-11,14,20H,1,12-13H2,2H3. The summed E-state index contributed by atoms with van der Waals surface area (Å²) in [5, 5.41) is 4.27. The van der Waals surface area contributed by atoms with Crippen molar-refractivity contribution in [3.63, 3.8) is 0 Å². The third-order valence-corrected chi connectivity index (χ3v) is 3.64. The Hall–Kier alpha value is -1.77. The first-order valence-electron chi connectivity index (χ1n) is 7.01. The van der Waals surface area contributed by atoms with E-state index in [-0.39, 0.29) is 6.04 Å². The molecule has 1 atom stereocenters. The summed E-state index contributed by atoms with van der Waals surface area (Å²) in [6.07, 6.45) is 1.75. The van der Waals surface area contributed by atoms with Crippen LogP contribution in [0.1, 0.15) is 24.1 Å². The maximum Gasteiger partial charge on any atom is 0.124 e. The van der Waals surface area contributed by atoms with Crippen LogP contribution in [0.4, 0.5) is 0 Å². The van der Waals surface area contributed by atoms with E-state index in [0.29, 0.717) is 6.61 Å². The third-order valence-electron chi connectivity index (χ3n) is 3.30. The first kappa shape index (κ1) is 15.6. The highest BCUT2D eigenvalue weighted by Crippen LogP contribution is 2.24. The normalized spacial score (nSPS) is 11.9. The minimum Gasteiger partial charge on any atom is -0.489 e. The minimum atomic E-state index is 0.172. The molecule has 2 rings (SSSR count). The molecule has 0 spiro atoms. The second-order valence-electron chi connectivity index (χ2n) is 4.83. The molecule has 0 fully saturated rings. The Bertz CT molecular complexity index is 597. The minimum absolute atomic E-state index is 0.172. The van der Waals surface area contributed by atoms with Crippen molar-refractivity contribution < 1.29 is 4.74 Å². The van der Waals surface area contributed by atoms with Crippen molar-refractivity contribution in [1.82, 2.24) is 5.32 Å². The summed E-state index contributed by atoms with van der Waals surface area (Å²) in [5.41, 5.74) is 2.22. The molecule has 0 amide bonds. The summed E-state index contributed by atoms with van der Waals surface area (Å²) < 4.78 is 5.66. The first-order valence-corrected chi connectivity index (χ1v) is 7.39. The Morgan fingerprint density at radius 1 is 1.19 bits per heavy atom. The highest BCUT2D eigenvalue weighted by atomic mass is 35.5. The maximum absolute atomic E-state index is 6.22. The lowest BCUT2D eigenvalue weighted by molar-refractivity contribution is 0.357. The highest BCUT2D eigenvalue weighted by molar-refractivity contribution is 6.31. The Kier molecular flexibility index (Phi) is 5.85. The molecule has 2 nitrogen and oxygen atoms in total. The van der Waals surface area contributed by atoms with E-state index in [4.69, 9.17) is 16.3 Å². The van der Waals surface area contributed by atoms with Crippen molar-refractivity contribution in [1.29, 1.82) is 0 Å². The van der Waals surface area contributed by atoms with Gasteiger partial charge in [0, 0.05) is 23.2 Å². The number of benzene rings is 2. The Morgan fingerprint density at radius 3 is 2.67 bits per heavy atom. The average Bonchev–Trinajstić information content (AvgIpc) is 2.52. The van der Waals surface area contributed by atoms with Crippen LogP contribution < -0.4 is 10.1 Å². The van der Waals surface area contributed by atoms with E-state index in [2.05, 4.69) is 24.9 Å².